The van der Waals surface area contributed by atoms with Crippen LogP contribution in [0.15, 0.2) is 36.9 Å². The lowest BCUT2D eigenvalue weighted by molar-refractivity contribution is -0.742. The van der Waals surface area contributed by atoms with Crippen molar-refractivity contribution in [3.05, 3.63) is 41.9 Å². The Labute approximate surface area is 129 Å². The normalized spacial score (nSPS) is 10.4. The molecule has 9 heteroatoms. The Morgan fingerprint density at radius 1 is 1.32 bits per heavy atom. The molecule has 0 atom stereocenters. The third-order valence-electron chi connectivity index (χ3n) is 2.67. The molecule has 8 nitrogen and oxygen atoms in total. The van der Waals surface area contributed by atoms with Gasteiger partial charge in [-0.3, -0.25) is 10.1 Å². The van der Waals surface area contributed by atoms with Gasteiger partial charge in [0.15, 0.2) is 12.0 Å². The van der Waals surface area contributed by atoms with Crippen LogP contribution in [-0.4, -0.2) is 31.2 Å². The topological polar surface area (TPSA) is 97.4 Å². The van der Waals surface area contributed by atoms with Gasteiger partial charge < -0.3 is 0 Å². The van der Waals surface area contributed by atoms with Crippen molar-refractivity contribution in [3.8, 4) is 11.4 Å². The van der Waals surface area contributed by atoms with Gasteiger partial charge in [-0.05, 0) is 18.1 Å². The van der Waals surface area contributed by atoms with Crippen LogP contribution < -0.4 is 10.00 Å². The molecule has 3 aromatic rings. The molecule has 1 N–H and O–H groups in total. The highest BCUT2D eigenvalue weighted by Crippen LogP contribution is 2.13. The van der Waals surface area contributed by atoms with E-state index in [1.54, 1.807) is 30.9 Å². The summed E-state index contributed by atoms with van der Waals surface area (Å²) in [6.45, 7) is 1.92. The van der Waals surface area contributed by atoms with E-state index in [0.29, 0.717) is 11.0 Å². The molecule has 0 fully saturated rings. The Morgan fingerprint density at radius 2 is 2.14 bits per heavy atom. The zero-order chi connectivity index (χ0) is 15.4. The zero-order valence-corrected chi connectivity index (χ0v) is 12.5. The van der Waals surface area contributed by atoms with E-state index >= 15 is 0 Å². The smallest absolute Gasteiger partial charge is 0.294 e. The lowest BCUT2D eigenvalue weighted by Gasteiger charge is -1.98. The van der Waals surface area contributed by atoms with Crippen LogP contribution in [0, 0.1) is 6.92 Å². The molecule has 0 aliphatic heterocycles. The predicted molar refractivity (Wildman–Crippen MR) is 78.7 cm³/mol. The summed E-state index contributed by atoms with van der Waals surface area (Å²) < 4.78 is 1.52. The molecule has 3 heterocycles. The summed E-state index contributed by atoms with van der Waals surface area (Å²) in [7, 11) is 0. The minimum absolute atomic E-state index is 0.0918. The fraction of sp³-hybridized carbons (Fsp3) is 0.154. The van der Waals surface area contributed by atoms with Gasteiger partial charge in [-0.2, -0.15) is 0 Å². The van der Waals surface area contributed by atoms with E-state index in [0.717, 1.165) is 10.6 Å². The Kier molecular flexibility index (Phi) is 4.05. The van der Waals surface area contributed by atoms with Gasteiger partial charge in [0.05, 0.1) is 0 Å². The number of amides is 1. The van der Waals surface area contributed by atoms with Gasteiger partial charge in [0.25, 0.3) is 12.5 Å². The second kappa shape index (κ2) is 6.31. The maximum absolute atomic E-state index is 11.9. The first-order valence-corrected chi connectivity index (χ1v) is 7.25. The number of carbonyl (C=O) groups is 1. The molecular weight excluding hydrogens is 302 g/mol. The quantitative estimate of drug-likeness (QED) is 0.709. The van der Waals surface area contributed by atoms with Gasteiger partial charge in [0.2, 0.25) is 5.13 Å². The Morgan fingerprint density at radius 3 is 2.77 bits per heavy atom. The zero-order valence-electron chi connectivity index (χ0n) is 11.7. The van der Waals surface area contributed by atoms with E-state index in [1.807, 2.05) is 13.0 Å². The minimum atomic E-state index is -0.211. The van der Waals surface area contributed by atoms with Crippen LogP contribution in [0.1, 0.15) is 5.01 Å². The van der Waals surface area contributed by atoms with E-state index in [9.17, 15) is 4.79 Å². The third-order valence-corrected chi connectivity index (χ3v) is 3.43. The highest BCUT2D eigenvalue weighted by atomic mass is 32.1. The number of anilines is 1. The maximum Gasteiger partial charge on any atom is 0.294 e. The van der Waals surface area contributed by atoms with Crippen molar-refractivity contribution in [1.82, 2.24) is 25.3 Å². The summed E-state index contributed by atoms with van der Waals surface area (Å²) >= 11 is 1.33. The maximum atomic E-state index is 11.9. The number of rotatable bonds is 4. The van der Waals surface area contributed by atoms with Gasteiger partial charge in [0, 0.05) is 24.0 Å². The monoisotopic (exact) mass is 314 g/mol. The largest absolute Gasteiger partial charge is 0.295 e. The van der Waals surface area contributed by atoms with Crippen molar-refractivity contribution >= 4 is 22.4 Å². The summed E-state index contributed by atoms with van der Waals surface area (Å²) in [4.78, 5) is 20.2. The molecule has 110 valence electrons. The average Bonchev–Trinajstić information content (AvgIpc) is 2.94. The van der Waals surface area contributed by atoms with Gasteiger partial charge in [-0.25, -0.2) is 9.97 Å². The fourth-order valence-electron chi connectivity index (χ4n) is 1.71. The van der Waals surface area contributed by atoms with Gasteiger partial charge >= 0.3 is 0 Å². The van der Waals surface area contributed by atoms with Crippen LogP contribution >= 0.6 is 11.3 Å². The Hall–Kier alpha value is -2.81. The molecule has 0 saturated carbocycles. The summed E-state index contributed by atoms with van der Waals surface area (Å²) in [5.41, 5.74) is 0.789. The molecular formula is C13H12N7OS+. The van der Waals surface area contributed by atoms with Gasteiger partial charge in [-0.15, -0.1) is 10.2 Å². The second-order valence-corrected chi connectivity index (χ2v) is 5.54. The fourth-order valence-corrected chi connectivity index (χ4v) is 2.32. The standard InChI is InChI=1S/C13H11N7OS/c1-9-18-19-13(22-9)17-11(21)8-20-6-3-10(7-16-20)12-14-4-2-5-15-12/h2-7H,8H2,1H3/p+1. The summed E-state index contributed by atoms with van der Waals surface area (Å²) in [6.07, 6.45) is 6.66. The van der Waals surface area contributed by atoms with Gasteiger partial charge in [-0.1, -0.05) is 16.0 Å². The number of nitrogens with one attached hydrogen (secondary N) is 1. The van der Waals surface area contributed by atoms with E-state index in [2.05, 4.69) is 30.6 Å². The van der Waals surface area contributed by atoms with Crippen LogP contribution in [0.2, 0.25) is 0 Å². The van der Waals surface area contributed by atoms with E-state index < -0.39 is 0 Å². The van der Waals surface area contributed by atoms with E-state index in [-0.39, 0.29) is 12.5 Å². The molecule has 0 saturated heterocycles. The molecule has 0 bridgehead atoms. The summed E-state index contributed by atoms with van der Waals surface area (Å²) in [5.74, 6) is 0.383. The minimum Gasteiger partial charge on any atom is -0.295 e. The van der Waals surface area contributed by atoms with E-state index in [4.69, 9.17) is 0 Å². The first-order valence-electron chi connectivity index (χ1n) is 6.44. The summed E-state index contributed by atoms with van der Waals surface area (Å²) in [5, 5.41) is 15.8. The SMILES string of the molecule is Cc1nnc(NC(=O)C[n+]2ccc(-c3ncccn3)cn2)s1. The number of aromatic nitrogens is 6. The number of hydrogen-bond donors (Lipinski definition) is 1. The van der Waals surface area contributed by atoms with Crippen molar-refractivity contribution in [3.63, 3.8) is 0 Å². The molecule has 0 unspecified atom stereocenters. The lowest BCUT2D eigenvalue weighted by Crippen LogP contribution is -2.43. The Bertz CT molecular complexity index is 773. The molecule has 1 amide bonds. The summed E-state index contributed by atoms with van der Waals surface area (Å²) in [6, 6.07) is 3.56. The van der Waals surface area contributed by atoms with Crippen LogP contribution in [0.5, 0.6) is 0 Å². The number of nitrogens with zero attached hydrogens (tertiary/aromatic N) is 6. The van der Waals surface area contributed by atoms with Crippen molar-refractivity contribution in [2.75, 3.05) is 5.32 Å². The lowest BCUT2D eigenvalue weighted by atomic mass is 10.3. The highest BCUT2D eigenvalue weighted by molar-refractivity contribution is 7.15. The first-order chi connectivity index (χ1) is 10.7. The average molecular weight is 314 g/mol. The van der Waals surface area contributed by atoms with E-state index in [1.165, 1.54) is 16.0 Å². The first kappa shape index (κ1) is 14.1. The number of hydrogen-bond acceptors (Lipinski definition) is 7. The third kappa shape index (κ3) is 3.44. The second-order valence-electron chi connectivity index (χ2n) is 4.36. The number of aryl methyl sites for hydroxylation is 1. The predicted octanol–water partition coefficient (Wildman–Crippen LogP) is 0.625. The van der Waals surface area contributed by atoms with Crippen LogP contribution in [0.25, 0.3) is 11.4 Å². The molecule has 0 aliphatic carbocycles. The molecule has 0 spiro atoms. The van der Waals surface area contributed by atoms with Crippen molar-refractivity contribution < 1.29 is 9.48 Å². The molecule has 0 aromatic carbocycles. The molecule has 3 aromatic heterocycles. The Balaban J connectivity index is 1.65. The van der Waals surface area contributed by atoms with Crippen molar-refractivity contribution in [2.24, 2.45) is 0 Å². The van der Waals surface area contributed by atoms with Crippen LogP contribution in [0.3, 0.4) is 0 Å². The van der Waals surface area contributed by atoms with Crippen LogP contribution in [-0.2, 0) is 11.3 Å². The molecule has 3 rings (SSSR count). The highest BCUT2D eigenvalue weighted by Gasteiger charge is 2.14. The van der Waals surface area contributed by atoms with Crippen molar-refractivity contribution in [1.29, 1.82) is 0 Å². The molecule has 22 heavy (non-hydrogen) atoms. The number of carbonyl (C=O) groups excluding carboxylic acids is 1. The molecule has 0 aliphatic rings. The molecule has 0 radical (unpaired) electrons. The van der Waals surface area contributed by atoms with Crippen LogP contribution in [0.4, 0.5) is 5.13 Å². The van der Waals surface area contributed by atoms with Crippen molar-refractivity contribution in [2.45, 2.75) is 13.5 Å². The van der Waals surface area contributed by atoms with Gasteiger partial charge in [0.1, 0.15) is 11.2 Å².